The summed E-state index contributed by atoms with van der Waals surface area (Å²) >= 11 is 0. The van der Waals surface area contributed by atoms with Crippen LogP contribution in [0.3, 0.4) is 0 Å². The highest BCUT2D eigenvalue weighted by molar-refractivity contribution is 5.56. The molecular formula is C18H30N2. The van der Waals surface area contributed by atoms with Crippen molar-refractivity contribution in [2.45, 2.75) is 52.5 Å². The van der Waals surface area contributed by atoms with Crippen molar-refractivity contribution in [3.05, 3.63) is 29.8 Å². The Bertz CT molecular complexity index is 433. The quantitative estimate of drug-likeness (QED) is 0.901. The van der Waals surface area contributed by atoms with Gasteiger partial charge in [0, 0.05) is 24.8 Å². The number of nitrogens with zero attached hydrogens (tertiary/aromatic N) is 1. The smallest absolute Gasteiger partial charge is 0.0404 e. The summed E-state index contributed by atoms with van der Waals surface area (Å²) in [7, 11) is 0. The van der Waals surface area contributed by atoms with Crippen LogP contribution < -0.4 is 10.2 Å². The Balaban J connectivity index is 2.18. The second kappa shape index (κ2) is 6.17. The Kier molecular flexibility index (Phi) is 4.74. The molecule has 1 fully saturated rings. The minimum absolute atomic E-state index is 0.207. The molecule has 112 valence electrons. The molecule has 1 aliphatic heterocycles. The maximum atomic E-state index is 3.62. The molecule has 1 heterocycles. The molecule has 1 N–H and O–H groups in total. The molecule has 2 atom stereocenters. The standard InChI is InChI=1S/C18H30N2/c1-6-19-16-11-12-20(13-14(16)2)17-10-8-7-9-15(17)18(3,4)5/h7-10,14,16,19H,6,11-13H2,1-5H3. The predicted molar refractivity (Wildman–Crippen MR) is 88.6 cm³/mol. The van der Waals surface area contributed by atoms with Crippen molar-refractivity contribution >= 4 is 5.69 Å². The summed E-state index contributed by atoms with van der Waals surface area (Å²) in [5.41, 5.74) is 3.11. The fraction of sp³-hybridized carbons (Fsp3) is 0.667. The van der Waals surface area contributed by atoms with Crippen LogP contribution in [-0.2, 0) is 5.41 Å². The summed E-state index contributed by atoms with van der Waals surface area (Å²) in [5, 5.41) is 3.62. The predicted octanol–water partition coefficient (Wildman–Crippen LogP) is 3.81. The number of para-hydroxylation sites is 1. The van der Waals surface area contributed by atoms with Gasteiger partial charge in [0.15, 0.2) is 0 Å². The Morgan fingerprint density at radius 3 is 2.55 bits per heavy atom. The van der Waals surface area contributed by atoms with E-state index in [0.717, 1.165) is 19.6 Å². The van der Waals surface area contributed by atoms with Crippen LogP contribution in [0, 0.1) is 5.92 Å². The molecule has 0 aliphatic carbocycles. The zero-order valence-corrected chi connectivity index (χ0v) is 13.7. The minimum Gasteiger partial charge on any atom is -0.371 e. The van der Waals surface area contributed by atoms with Gasteiger partial charge in [0.25, 0.3) is 0 Å². The lowest BCUT2D eigenvalue weighted by Crippen LogP contribution is -2.48. The lowest BCUT2D eigenvalue weighted by atomic mass is 9.84. The van der Waals surface area contributed by atoms with Gasteiger partial charge in [0.1, 0.15) is 0 Å². The van der Waals surface area contributed by atoms with Gasteiger partial charge >= 0.3 is 0 Å². The van der Waals surface area contributed by atoms with Crippen LogP contribution >= 0.6 is 0 Å². The molecule has 0 saturated carbocycles. The maximum Gasteiger partial charge on any atom is 0.0404 e. The number of hydrogen-bond donors (Lipinski definition) is 1. The summed E-state index contributed by atoms with van der Waals surface area (Å²) in [6.45, 7) is 14.9. The molecule has 2 unspecified atom stereocenters. The lowest BCUT2D eigenvalue weighted by molar-refractivity contribution is 0.326. The fourth-order valence-corrected chi connectivity index (χ4v) is 3.31. The van der Waals surface area contributed by atoms with Crippen molar-refractivity contribution in [3.63, 3.8) is 0 Å². The van der Waals surface area contributed by atoms with Crippen molar-refractivity contribution in [1.82, 2.24) is 5.32 Å². The molecule has 1 saturated heterocycles. The van der Waals surface area contributed by atoms with E-state index in [4.69, 9.17) is 0 Å². The Hall–Kier alpha value is -1.02. The van der Waals surface area contributed by atoms with Gasteiger partial charge < -0.3 is 10.2 Å². The van der Waals surface area contributed by atoms with E-state index in [1.807, 2.05) is 0 Å². The molecule has 1 aromatic carbocycles. The molecule has 20 heavy (non-hydrogen) atoms. The topological polar surface area (TPSA) is 15.3 Å². The Morgan fingerprint density at radius 2 is 1.95 bits per heavy atom. The largest absolute Gasteiger partial charge is 0.371 e. The minimum atomic E-state index is 0.207. The van der Waals surface area contributed by atoms with Crippen molar-refractivity contribution in [1.29, 1.82) is 0 Å². The Labute approximate surface area is 124 Å². The molecule has 2 rings (SSSR count). The van der Waals surface area contributed by atoms with Gasteiger partial charge in [-0.2, -0.15) is 0 Å². The molecule has 2 nitrogen and oxygen atoms in total. The van der Waals surface area contributed by atoms with E-state index in [1.165, 1.54) is 17.7 Å². The summed E-state index contributed by atoms with van der Waals surface area (Å²) in [4.78, 5) is 2.58. The van der Waals surface area contributed by atoms with E-state index in [1.54, 1.807) is 0 Å². The van der Waals surface area contributed by atoms with Gasteiger partial charge in [0.05, 0.1) is 0 Å². The number of rotatable bonds is 3. The lowest BCUT2D eigenvalue weighted by Gasteiger charge is -2.40. The van der Waals surface area contributed by atoms with Crippen molar-refractivity contribution < 1.29 is 0 Å². The number of hydrogen-bond acceptors (Lipinski definition) is 2. The number of benzene rings is 1. The third-order valence-corrected chi connectivity index (χ3v) is 4.42. The maximum absolute atomic E-state index is 3.62. The highest BCUT2D eigenvalue weighted by Gasteiger charge is 2.28. The van der Waals surface area contributed by atoms with Crippen LogP contribution in [0.1, 0.15) is 46.6 Å². The zero-order valence-electron chi connectivity index (χ0n) is 13.7. The van der Waals surface area contributed by atoms with E-state index >= 15 is 0 Å². The molecule has 0 spiro atoms. The second-order valence-corrected chi connectivity index (χ2v) is 7.14. The van der Waals surface area contributed by atoms with Gasteiger partial charge in [-0.15, -0.1) is 0 Å². The number of anilines is 1. The van der Waals surface area contributed by atoms with E-state index in [9.17, 15) is 0 Å². The van der Waals surface area contributed by atoms with Crippen molar-refractivity contribution in [3.8, 4) is 0 Å². The molecule has 0 bridgehead atoms. The molecular weight excluding hydrogens is 244 g/mol. The van der Waals surface area contributed by atoms with Gasteiger partial charge in [0.2, 0.25) is 0 Å². The van der Waals surface area contributed by atoms with Gasteiger partial charge in [-0.3, -0.25) is 0 Å². The summed E-state index contributed by atoms with van der Waals surface area (Å²) in [6.07, 6.45) is 1.24. The summed E-state index contributed by atoms with van der Waals surface area (Å²) in [6, 6.07) is 9.60. The van der Waals surface area contributed by atoms with Gasteiger partial charge in [-0.1, -0.05) is 52.8 Å². The first kappa shape index (κ1) is 15.4. The number of piperidine rings is 1. The third-order valence-electron chi connectivity index (χ3n) is 4.42. The molecule has 0 radical (unpaired) electrons. The average Bonchev–Trinajstić information content (AvgIpc) is 2.40. The van der Waals surface area contributed by atoms with Crippen molar-refractivity contribution in [2.24, 2.45) is 5.92 Å². The van der Waals surface area contributed by atoms with E-state index < -0.39 is 0 Å². The van der Waals surface area contributed by atoms with Gasteiger partial charge in [-0.05, 0) is 35.9 Å². The summed E-state index contributed by atoms with van der Waals surface area (Å²) in [5.74, 6) is 0.705. The highest BCUT2D eigenvalue weighted by Crippen LogP contribution is 2.34. The average molecular weight is 274 g/mol. The van der Waals surface area contributed by atoms with Crippen LogP contribution in [0.4, 0.5) is 5.69 Å². The van der Waals surface area contributed by atoms with Crippen LogP contribution in [0.15, 0.2) is 24.3 Å². The molecule has 2 heteroatoms. The monoisotopic (exact) mass is 274 g/mol. The molecule has 1 aliphatic rings. The summed E-state index contributed by atoms with van der Waals surface area (Å²) < 4.78 is 0. The Morgan fingerprint density at radius 1 is 1.25 bits per heavy atom. The van der Waals surface area contributed by atoms with Crippen LogP contribution in [-0.4, -0.2) is 25.7 Å². The first-order valence-corrected chi connectivity index (χ1v) is 8.01. The molecule has 0 amide bonds. The van der Waals surface area contributed by atoms with Crippen LogP contribution in [0.5, 0.6) is 0 Å². The first-order chi connectivity index (χ1) is 9.43. The van der Waals surface area contributed by atoms with Gasteiger partial charge in [-0.25, -0.2) is 0 Å². The second-order valence-electron chi connectivity index (χ2n) is 7.14. The van der Waals surface area contributed by atoms with E-state index in [-0.39, 0.29) is 5.41 Å². The normalized spacial score (nSPS) is 23.9. The fourth-order valence-electron chi connectivity index (χ4n) is 3.31. The van der Waals surface area contributed by atoms with Crippen LogP contribution in [0.2, 0.25) is 0 Å². The molecule has 1 aromatic rings. The van der Waals surface area contributed by atoms with Crippen molar-refractivity contribution in [2.75, 3.05) is 24.5 Å². The van der Waals surface area contributed by atoms with E-state index in [2.05, 4.69) is 69.1 Å². The SMILES string of the molecule is CCNC1CCN(c2ccccc2C(C)(C)C)CC1C. The highest BCUT2D eigenvalue weighted by atomic mass is 15.2. The zero-order chi connectivity index (χ0) is 14.8. The van der Waals surface area contributed by atoms with Crippen LogP contribution in [0.25, 0.3) is 0 Å². The molecule has 0 aromatic heterocycles. The first-order valence-electron chi connectivity index (χ1n) is 8.01. The third kappa shape index (κ3) is 3.35. The van der Waals surface area contributed by atoms with E-state index in [0.29, 0.717) is 12.0 Å². The number of nitrogens with one attached hydrogen (secondary N) is 1.